The summed E-state index contributed by atoms with van der Waals surface area (Å²) < 4.78 is 17.3. The van der Waals surface area contributed by atoms with Crippen molar-refractivity contribution in [3.05, 3.63) is 83.7 Å². The van der Waals surface area contributed by atoms with E-state index in [1.165, 1.54) is 0 Å². The molecule has 0 radical (unpaired) electrons. The molecule has 0 aliphatic heterocycles. The molecule has 55 heavy (non-hydrogen) atoms. The van der Waals surface area contributed by atoms with E-state index in [-0.39, 0.29) is 6.61 Å². The van der Waals surface area contributed by atoms with Gasteiger partial charge < -0.3 is 25.3 Å². The summed E-state index contributed by atoms with van der Waals surface area (Å²) in [7, 11) is 0. The minimum Gasteiger partial charge on any atom is -0.490 e. The lowest BCUT2D eigenvalue weighted by Crippen LogP contribution is -2.52. The molecule has 0 fully saturated rings. The van der Waals surface area contributed by atoms with Crippen LogP contribution in [-0.2, 0) is 4.74 Å². The van der Waals surface area contributed by atoms with Crippen LogP contribution in [0.2, 0.25) is 0 Å². The molecule has 0 aliphatic rings. The molecule has 2 heterocycles. The molecule has 0 unspecified atom stereocenters. The lowest BCUT2D eigenvalue weighted by molar-refractivity contribution is 0.0408. The zero-order valence-electron chi connectivity index (χ0n) is 34.2. The molecule has 4 rings (SSSR count). The summed E-state index contributed by atoms with van der Waals surface area (Å²) in [6.45, 7) is 22.0. The summed E-state index contributed by atoms with van der Waals surface area (Å²) in [4.78, 5) is 29.4. The van der Waals surface area contributed by atoms with Gasteiger partial charge >= 0.3 is 6.09 Å². The Hall–Kier alpha value is -5.59. The van der Waals surface area contributed by atoms with Gasteiger partial charge in [0.2, 0.25) is 0 Å². The monoisotopic (exact) mass is 748 g/mol. The Kier molecular flexibility index (Phi) is 15.2. The summed E-state index contributed by atoms with van der Waals surface area (Å²) in [5.74, 6) is 3.17. The number of hydrogen-bond donors (Lipinski definition) is 2. The predicted molar refractivity (Wildman–Crippen MR) is 214 cm³/mol. The quantitative estimate of drug-likeness (QED) is 0.134. The number of rotatable bonds is 13. The molecule has 2 atom stereocenters. The van der Waals surface area contributed by atoms with Crippen molar-refractivity contribution in [2.24, 2.45) is 17.6 Å². The summed E-state index contributed by atoms with van der Waals surface area (Å²) in [5.41, 5.74) is 8.67. The zero-order valence-corrected chi connectivity index (χ0v) is 34.2. The number of nitrogens with one attached hydrogen (secondary N) is 1. The maximum absolute atomic E-state index is 12.4. The van der Waals surface area contributed by atoms with E-state index >= 15 is 0 Å². The number of amides is 1. The first-order chi connectivity index (χ1) is 25.7. The molecule has 0 aliphatic carbocycles. The average molecular weight is 749 g/mol. The van der Waals surface area contributed by atoms with Crippen molar-refractivity contribution in [3.8, 4) is 46.2 Å². The van der Waals surface area contributed by atoms with Crippen LogP contribution in [0.15, 0.2) is 60.9 Å². The van der Waals surface area contributed by atoms with Gasteiger partial charge in [0.15, 0.2) is 0 Å². The third-order valence-corrected chi connectivity index (χ3v) is 7.98. The Balaban J connectivity index is 0.000000305. The number of nitrogens with zero attached hydrogens (tertiary/aromatic N) is 6. The highest BCUT2D eigenvalue weighted by molar-refractivity contribution is 5.69. The Morgan fingerprint density at radius 3 is 1.60 bits per heavy atom. The van der Waals surface area contributed by atoms with Crippen LogP contribution in [0.5, 0.6) is 11.5 Å². The van der Waals surface area contributed by atoms with Crippen LogP contribution in [0.1, 0.15) is 97.9 Å². The van der Waals surface area contributed by atoms with E-state index in [0.717, 1.165) is 28.9 Å². The second-order valence-corrected chi connectivity index (χ2v) is 16.2. The fourth-order valence-corrected chi connectivity index (χ4v) is 6.11. The first kappa shape index (κ1) is 43.8. The molecule has 4 aromatic rings. The van der Waals surface area contributed by atoms with Crippen molar-refractivity contribution in [1.82, 2.24) is 25.3 Å². The van der Waals surface area contributed by atoms with Crippen molar-refractivity contribution in [3.63, 3.8) is 0 Å². The van der Waals surface area contributed by atoms with Gasteiger partial charge in [-0.15, -0.1) is 0 Å². The minimum atomic E-state index is -0.661. The molecule has 3 N–H and O–H groups in total. The van der Waals surface area contributed by atoms with Crippen LogP contribution < -0.4 is 20.5 Å². The highest BCUT2D eigenvalue weighted by atomic mass is 16.6. The second kappa shape index (κ2) is 19.1. The number of aryl methyl sites for hydroxylation is 2. The summed E-state index contributed by atoms with van der Waals surface area (Å²) in [6.07, 6.45) is 4.45. The van der Waals surface area contributed by atoms with Crippen molar-refractivity contribution in [2.75, 3.05) is 13.2 Å². The summed E-state index contributed by atoms with van der Waals surface area (Å²) >= 11 is 0. The van der Waals surface area contributed by atoms with E-state index in [9.17, 15) is 15.3 Å². The van der Waals surface area contributed by atoms with Gasteiger partial charge in [0, 0.05) is 29.1 Å². The summed E-state index contributed by atoms with van der Waals surface area (Å²) in [5, 5.41) is 22.0. The number of nitrogens with two attached hydrogens (primary N) is 1. The van der Waals surface area contributed by atoms with Gasteiger partial charge in [-0.1, -0.05) is 27.7 Å². The smallest absolute Gasteiger partial charge is 0.408 e. The van der Waals surface area contributed by atoms with Gasteiger partial charge in [-0.3, -0.25) is 0 Å². The summed E-state index contributed by atoms with van der Waals surface area (Å²) in [6, 6.07) is 18.9. The first-order valence-electron chi connectivity index (χ1n) is 18.5. The number of nitriles is 2. The van der Waals surface area contributed by atoms with E-state index in [2.05, 4.69) is 65.1 Å². The van der Waals surface area contributed by atoms with Crippen molar-refractivity contribution in [1.29, 1.82) is 10.5 Å². The molecule has 0 saturated heterocycles. The molecule has 0 saturated carbocycles. The number of carbonyl (C=O) groups is 1. The normalized spacial score (nSPS) is 13.3. The Morgan fingerprint density at radius 2 is 1.20 bits per heavy atom. The number of alkyl carbamates (subject to hydrolysis) is 1. The molecule has 0 spiro atoms. The largest absolute Gasteiger partial charge is 0.490 e. The molecule has 12 nitrogen and oxygen atoms in total. The number of hydrogen-bond acceptors (Lipinski definition) is 11. The van der Waals surface area contributed by atoms with Gasteiger partial charge in [-0.2, -0.15) is 10.5 Å². The maximum Gasteiger partial charge on any atom is 0.408 e. The molecule has 12 heteroatoms. The van der Waals surface area contributed by atoms with E-state index in [4.69, 9.17) is 19.9 Å². The van der Waals surface area contributed by atoms with Crippen molar-refractivity contribution >= 4 is 6.09 Å². The molecular formula is C43H56N8O4. The zero-order chi connectivity index (χ0) is 41.0. The predicted octanol–water partition coefficient (Wildman–Crippen LogP) is 8.50. The van der Waals surface area contributed by atoms with Gasteiger partial charge in [0.05, 0.1) is 28.1 Å². The molecule has 2 aromatic carbocycles. The number of carbonyl (C=O) groups excluding carboxylic acids is 1. The standard InChI is InChI=1S/C24H32N4O3.C19H24N4O/c1-16(2)13-24(7,28-22(29)31-23(4,5)6)15-30-21-9-8-18(12-19(21)14-25)20-10-11-26-17(3)27-20;1-13(2)10-19(4,21)12-24-18-6-5-15(9-16(18)11-20)17-7-8-22-14(3)23-17/h8-12,16H,13,15H2,1-7H3,(H,28,29);5-9,13H,10,12,21H2,1-4H3/t24-;19-/m00/s1. The number of aromatic nitrogens is 4. The van der Waals surface area contributed by atoms with E-state index < -0.39 is 22.8 Å². The average Bonchev–Trinajstić information content (AvgIpc) is 3.08. The lowest BCUT2D eigenvalue weighted by Gasteiger charge is -2.33. The number of benzene rings is 2. The Morgan fingerprint density at radius 1 is 0.745 bits per heavy atom. The molecule has 1 amide bonds. The van der Waals surface area contributed by atoms with Crippen molar-refractivity contribution in [2.45, 2.75) is 106 Å². The Bertz CT molecular complexity index is 1990. The molecule has 0 bridgehead atoms. The topological polar surface area (TPSA) is 182 Å². The molecular weight excluding hydrogens is 693 g/mol. The highest BCUT2D eigenvalue weighted by Crippen LogP contribution is 2.28. The van der Waals surface area contributed by atoms with Gasteiger partial charge in [0.1, 0.15) is 54.1 Å². The lowest BCUT2D eigenvalue weighted by atomic mass is 9.91. The third kappa shape index (κ3) is 14.6. The van der Waals surface area contributed by atoms with Crippen LogP contribution in [-0.4, -0.2) is 55.9 Å². The fraction of sp³-hybridized carbons (Fsp3) is 0.465. The van der Waals surface area contributed by atoms with Crippen LogP contribution in [0.3, 0.4) is 0 Å². The van der Waals surface area contributed by atoms with Crippen molar-refractivity contribution < 1.29 is 19.0 Å². The van der Waals surface area contributed by atoms with E-state index in [1.54, 1.807) is 42.7 Å². The van der Waals surface area contributed by atoms with Crippen LogP contribution in [0.25, 0.3) is 22.5 Å². The first-order valence-corrected chi connectivity index (χ1v) is 18.5. The molecule has 292 valence electrons. The van der Waals surface area contributed by atoms with E-state index in [0.29, 0.717) is 59.1 Å². The highest BCUT2D eigenvalue weighted by Gasteiger charge is 2.31. The molecule has 2 aromatic heterocycles. The number of ether oxygens (including phenoxy) is 3. The SMILES string of the molecule is Cc1nccc(-c2ccc(OC[C@@](C)(N)CC(C)C)c(C#N)c2)n1.Cc1nccc(-c2ccc(OC[C@](C)(CC(C)C)NC(=O)OC(C)(C)C)c(C#N)c2)n1. The second-order valence-electron chi connectivity index (χ2n) is 16.2. The van der Waals surface area contributed by atoms with Crippen LogP contribution in [0, 0.1) is 48.3 Å². The van der Waals surface area contributed by atoms with Gasteiger partial charge in [0.25, 0.3) is 0 Å². The van der Waals surface area contributed by atoms with Gasteiger partial charge in [-0.05, 0) is 122 Å². The Labute approximate surface area is 326 Å². The van der Waals surface area contributed by atoms with Crippen LogP contribution >= 0.6 is 0 Å². The van der Waals surface area contributed by atoms with Crippen LogP contribution in [0.4, 0.5) is 4.79 Å². The maximum atomic E-state index is 12.4. The van der Waals surface area contributed by atoms with E-state index in [1.807, 2.05) is 66.7 Å². The fourth-order valence-electron chi connectivity index (χ4n) is 6.11. The minimum absolute atomic E-state index is 0.199. The van der Waals surface area contributed by atoms with Gasteiger partial charge in [-0.25, -0.2) is 24.7 Å². The third-order valence-electron chi connectivity index (χ3n) is 7.98.